The largest absolute Gasteiger partial charge is 0.495 e. The first kappa shape index (κ1) is 12.3. The molecule has 2 rings (SSSR count). The molecule has 2 heterocycles. The van der Waals surface area contributed by atoms with E-state index in [0.29, 0.717) is 5.92 Å². The highest BCUT2D eigenvalue weighted by molar-refractivity contribution is 5.29. The van der Waals surface area contributed by atoms with Crippen molar-refractivity contribution < 1.29 is 9.47 Å². The molecule has 0 spiro atoms. The van der Waals surface area contributed by atoms with E-state index >= 15 is 0 Å². The summed E-state index contributed by atoms with van der Waals surface area (Å²) in [6.45, 7) is 1.66. The van der Waals surface area contributed by atoms with E-state index < -0.39 is 0 Å². The maximum absolute atomic E-state index is 5.62. The lowest BCUT2D eigenvalue weighted by molar-refractivity contribution is 0.181. The highest BCUT2D eigenvalue weighted by Gasteiger charge is 2.23. The molecule has 2 atom stereocenters. The van der Waals surface area contributed by atoms with Gasteiger partial charge in [-0.2, -0.15) is 0 Å². The lowest BCUT2D eigenvalue weighted by Gasteiger charge is -2.20. The topological polar surface area (TPSA) is 69.4 Å². The molecule has 1 fully saturated rings. The number of aromatic nitrogens is 1. The second-order valence-electron chi connectivity index (χ2n) is 4.28. The van der Waals surface area contributed by atoms with Crippen LogP contribution < -0.4 is 16.0 Å². The standard InChI is InChI=1S/C12H19N3O2/c1-16-11-3-2-5-14-12(11)10(15-13)7-9-4-6-17-8-9/h2-3,5,9-10,15H,4,6-8,13H2,1H3. The molecule has 1 aliphatic heterocycles. The van der Waals surface area contributed by atoms with Gasteiger partial charge in [0.2, 0.25) is 0 Å². The summed E-state index contributed by atoms with van der Waals surface area (Å²) in [5.41, 5.74) is 3.69. The van der Waals surface area contributed by atoms with Gasteiger partial charge in [0.1, 0.15) is 11.4 Å². The Morgan fingerprint density at radius 2 is 2.59 bits per heavy atom. The molecule has 5 nitrogen and oxygen atoms in total. The highest BCUT2D eigenvalue weighted by Crippen LogP contribution is 2.29. The van der Waals surface area contributed by atoms with E-state index in [1.807, 2.05) is 12.1 Å². The summed E-state index contributed by atoms with van der Waals surface area (Å²) in [5.74, 6) is 6.94. The van der Waals surface area contributed by atoms with Crippen molar-refractivity contribution in [3.63, 3.8) is 0 Å². The minimum absolute atomic E-state index is 0.0119. The van der Waals surface area contributed by atoms with Crippen LogP contribution in [0.1, 0.15) is 24.6 Å². The van der Waals surface area contributed by atoms with E-state index in [9.17, 15) is 0 Å². The number of methoxy groups -OCH3 is 1. The van der Waals surface area contributed by atoms with Crippen LogP contribution in [0.15, 0.2) is 18.3 Å². The summed E-state index contributed by atoms with van der Waals surface area (Å²) in [6.07, 6.45) is 3.77. The van der Waals surface area contributed by atoms with E-state index in [1.54, 1.807) is 13.3 Å². The Morgan fingerprint density at radius 1 is 1.71 bits per heavy atom. The Bertz CT molecular complexity index is 353. The van der Waals surface area contributed by atoms with Gasteiger partial charge in [0.15, 0.2) is 0 Å². The van der Waals surface area contributed by atoms with Crippen molar-refractivity contribution in [3.05, 3.63) is 24.0 Å². The van der Waals surface area contributed by atoms with Gasteiger partial charge in [-0.3, -0.25) is 16.3 Å². The molecule has 0 amide bonds. The molecular formula is C12H19N3O2. The molecule has 94 valence electrons. The van der Waals surface area contributed by atoms with Crippen molar-refractivity contribution in [2.75, 3.05) is 20.3 Å². The van der Waals surface area contributed by atoms with Crippen LogP contribution in [0, 0.1) is 5.92 Å². The van der Waals surface area contributed by atoms with Crippen LogP contribution >= 0.6 is 0 Å². The molecule has 1 aromatic heterocycles. The molecule has 17 heavy (non-hydrogen) atoms. The third-order valence-electron chi connectivity index (χ3n) is 3.14. The number of nitrogens with one attached hydrogen (secondary N) is 1. The molecule has 0 aliphatic carbocycles. The zero-order valence-corrected chi connectivity index (χ0v) is 10.1. The predicted molar refractivity (Wildman–Crippen MR) is 64.4 cm³/mol. The van der Waals surface area contributed by atoms with Gasteiger partial charge in [-0.1, -0.05) is 0 Å². The van der Waals surface area contributed by atoms with E-state index in [2.05, 4.69) is 10.4 Å². The number of hydrogen-bond acceptors (Lipinski definition) is 5. The smallest absolute Gasteiger partial charge is 0.142 e. The van der Waals surface area contributed by atoms with Gasteiger partial charge in [0, 0.05) is 19.4 Å². The van der Waals surface area contributed by atoms with Gasteiger partial charge in [0.25, 0.3) is 0 Å². The second kappa shape index (κ2) is 5.95. The lowest BCUT2D eigenvalue weighted by Crippen LogP contribution is -2.30. The molecule has 2 unspecified atom stereocenters. The summed E-state index contributed by atoms with van der Waals surface area (Å²) >= 11 is 0. The number of rotatable bonds is 5. The van der Waals surface area contributed by atoms with Gasteiger partial charge >= 0.3 is 0 Å². The monoisotopic (exact) mass is 237 g/mol. The van der Waals surface area contributed by atoms with Gasteiger partial charge in [-0.15, -0.1) is 0 Å². The molecule has 0 aromatic carbocycles. The van der Waals surface area contributed by atoms with Crippen LogP contribution in [-0.4, -0.2) is 25.3 Å². The number of nitrogens with zero attached hydrogens (tertiary/aromatic N) is 1. The van der Waals surface area contributed by atoms with Crippen molar-refractivity contribution in [2.24, 2.45) is 11.8 Å². The Balaban J connectivity index is 2.10. The summed E-state index contributed by atoms with van der Waals surface area (Å²) in [4.78, 5) is 4.35. The van der Waals surface area contributed by atoms with E-state index in [4.69, 9.17) is 15.3 Å². The molecular weight excluding hydrogens is 218 g/mol. The fraction of sp³-hybridized carbons (Fsp3) is 0.583. The number of ether oxygens (including phenoxy) is 2. The van der Waals surface area contributed by atoms with Gasteiger partial charge in [-0.25, -0.2) is 0 Å². The predicted octanol–water partition coefficient (Wildman–Crippen LogP) is 1.02. The average Bonchev–Trinajstić information content (AvgIpc) is 2.89. The Morgan fingerprint density at radius 3 is 3.24 bits per heavy atom. The number of hydrogen-bond donors (Lipinski definition) is 2. The number of pyridine rings is 1. The van der Waals surface area contributed by atoms with Crippen LogP contribution in [0.5, 0.6) is 5.75 Å². The highest BCUT2D eigenvalue weighted by atomic mass is 16.5. The molecule has 1 aromatic rings. The molecule has 5 heteroatoms. The minimum Gasteiger partial charge on any atom is -0.495 e. The number of nitrogens with two attached hydrogens (primary N) is 1. The van der Waals surface area contributed by atoms with Crippen molar-refractivity contribution in [1.82, 2.24) is 10.4 Å². The van der Waals surface area contributed by atoms with Gasteiger partial charge < -0.3 is 9.47 Å². The zero-order valence-electron chi connectivity index (χ0n) is 10.1. The minimum atomic E-state index is 0.0119. The van der Waals surface area contributed by atoms with Gasteiger partial charge in [0.05, 0.1) is 13.2 Å². The van der Waals surface area contributed by atoms with Crippen LogP contribution in [0.3, 0.4) is 0 Å². The Hall–Kier alpha value is -1.17. The molecule has 1 aliphatic rings. The fourth-order valence-corrected chi connectivity index (χ4v) is 2.20. The molecule has 1 saturated heterocycles. The second-order valence-corrected chi connectivity index (χ2v) is 4.28. The van der Waals surface area contributed by atoms with E-state index in [0.717, 1.165) is 37.5 Å². The normalized spacial score (nSPS) is 21.4. The molecule has 0 bridgehead atoms. The molecule has 3 N–H and O–H groups in total. The lowest BCUT2D eigenvalue weighted by atomic mass is 9.97. The van der Waals surface area contributed by atoms with Crippen molar-refractivity contribution >= 4 is 0 Å². The van der Waals surface area contributed by atoms with Crippen molar-refractivity contribution in [3.8, 4) is 5.75 Å². The number of hydrazine groups is 1. The summed E-state index contributed by atoms with van der Waals surface area (Å²) in [6, 6.07) is 3.77. The summed E-state index contributed by atoms with van der Waals surface area (Å²) < 4.78 is 10.7. The maximum Gasteiger partial charge on any atom is 0.142 e. The molecule has 0 radical (unpaired) electrons. The Kier molecular flexibility index (Phi) is 4.30. The summed E-state index contributed by atoms with van der Waals surface area (Å²) in [7, 11) is 1.65. The first-order valence-electron chi connectivity index (χ1n) is 5.88. The first-order chi connectivity index (χ1) is 8.35. The van der Waals surface area contributed by atoms with Crippen molar-refractivity contribution in [2.45, 2.75) is 18.9 Å². The quantitative estimate of drug-likeness (QED) is 0.591. The first-order valence-corrected chi connectivity index (χ1v) is 5.88. The van der Waals surface area contributed by atoms with Crippen molar-refractivity contribution in [1.29, 1.82) is 0 Å². The third kappa shape index (κ3) is 2.94. The van der Waals surface area contributed by atoms with E-state index in [1.165, 1.54) is 0 Å². The van der Waals surface area contributed by atoms with Crippen LogP contribution in [0.4, 0.5) is 0 Å². The Labute approximate surface area is 101 Å². The fourth-order valence-electron chi connectivity index (χ4n) is 2.20. The summed E-state index contributed by atoms with van der Waals surface area (Å²) in [5, 5.41) is 0. The van der Waals surface area contributed by atoms with Crippen LogP contribution in [-0.2, 0) is 4.74 Å². The van der Waals surface area contributed by atoms with Gasteiger partial charge in [-0.05, 0) is 30.9 Å². The van der Waals surface area contributed by atoms with Crippen LogP contribution in [0.25, 0.3) is 0 Å². The SMILES string of the molecule is COc1cccnc1C(CC1CCOC1)NN. The zero-order chi connectivity index (χ0) is 12.1. The molecule has 0 saturated carbocycles. The van der Waals surface area contributed by atoms with Crippen LogP contribution in [0.2, 0.25) is 0 Å². The van der Waals surface area contributed by atoms with E-state index in [-0.39, 0.29) is 6.04 Å². The third-order valence-corrected chi connectivity index (χ3v) is 3.14. The maximum atomic E-state index is 5.62. The average molecular weight is 237 g/mol.